The van der Waals surface area contributed by atoms with Gasteiger partial charge in [-0.1, -0.05) is 43.2 Å². The standard InChI is InChI=1S/C17H28N2/c1-3-19(13-15-7-5-8-15)11-10-17(18)16-9-4-6-14(2)12-16/h4,6,9,12,15,17H,3,5,7-8,10-11,13,18H2,1-2H3. The lowest BCUT2D eigenvalue weighted by molar-refractivity contribution is 0.180. The molecule has 0 radical (unpaired) electrons. The SMILES string of the molecule is CCN(CCC(N)c1cccc(C)c1)CC1CCC1. The first-order chi connectivity index (χ1) is 9.19. The van der Waals surface area contributed by atoms with Crippen molar-refractivity contribution < 1.29 is 0 Å². The Bertz CT molecular complexity index is 385. The van der Waals surface area contributed by atoms with Crippen LogP contribution in [0.4, 0.5) is 0 Å². The van der Waals surface area contributed by atoms with Gasteiger partial charge in [0.15, 0.2) is 0 Å². The number of hydrogen-bond donors (Lipinski definition) is 1. The Morgan fingerprint density at radius 1 is 1.37 bits per heavy atom. The molecule has 1 aromatic carbocycles. The van der Waals surface area contributed by atoms with Crippen LogP contribution in [0.15, 0.2) is 24.3 Å². The normalized spacial score (nSPS) is 17.5. The Hall–Kier alpha value is -0.860. The van der Waals surface area contributed by atoms with Crippen molar-refractivity contribution in [2.75, 3.05) is 19.6 Å². The van der Waals surface area contributed by atoms with Gasteiger partial charge in [-0.3, -0.25) is 0 Å². The van der Waals surface area contributed by atoms with Crippen LogP contribution in [-0.2, 0) is 0 Å². The van der Waals surface area contributed by atoms with Crippen LogP contribution in [0.5, 0.6) is 0 Å². The van der Waals surface area contributed by atoms with Gasteiger partial charge in [0.05, 0.1) is 0 Å². The topological polar surface area (TPSA) is 29.3 Å². The number of benzene rings is 1. The zero-order valence-corrected chi connectivity index (χ0v) is 12.4. The number of nitrogens with two attached hydrogens (primary N) is 1. The fourth-order valence-electron chi connectivity index (χ4n) is 2.81. The highest BCUT2D eigenvalue weighted by molar-refractivity contribution is 5.24. The van der Waals surface area contributed by atoms with E-state index in [9.17, 15) is 0 Å². The van der Waals surface area contributed by atoms with Gasteiger partial charge in [-0.05, 0) is 50.8 Å². The predicted molar refractivity (Wildman–Crippen MR) is 82.2 cm³/mol. The minimum absolute atomic E-state index is 0.176. The molecule has 19 heavy (non-hydrogen) atoms. The first-order valence-electron chi connectivity index (χ1n) is 7.73. The zero-order valence-electron chi connectivity index (χ0n) is 12.4. The molecule has 0 aromatic heterocycles. The third-order valence-corrected chi connectivity index (χ3v) is 4.41. The molecule has 1 atom stereocenters. The van der Waals surface area contributed by atoms with Crippen LogP contribution in [0, 0.1) is 12.8 Å². The van der Waals surface area contributed by atoms with Crippen molar-refractivity contribution >= 4 is 0 Å². The summed E-state index contributed by atoms with van der Waals surface area (Å²) in [5.74, 6) is 0.954. The summed E-state index contributed by atoms with van der Waals surface area (Å²) >= 11 is 0. The van der Waals surface area contributed by atoms with Crippen LogP contribution < -0.4 is 5.73 Å². The third-order valence-electron chi connectivity index (χ3n) is 4.41. The number of nitrogens with zero attached hydrogens (tertiary/aromatic N) is 1. The van der Waals surface area contributed by atoms with E-state index < -0.39 is 0 Å². The van der Waals surface area contributed by atoms with Crippen molar-refractivity contribution in [3.05, 3.63) is 35.4 Å². The molecular formula is C17H28N2. The Morgan fingerprint density at radius 2 is 2.16 bits per heavy atom. The fraction of sp³-hybridized carbons (Fsp3) is 0.647. The summed E-state index contributed by atoms with van der Waals surface area (Å²) in [5, 5.41) is 0. The molecule has 1 aliphatic rings. The molecule has 0 saturated heterocycles. The first kappa shape index (κ1) is 14.5. The molecule has 2 N–H and O–H groups in total. The fourth-order valence-corrected chi connectivity index (χ4v) is 2.81. The van der Waals surface area contributed by atoms with E-state index in [1.807, 2.05) is 0 Å². The van der Waals surface area contributed by atoms with Gasteiger partial charge in [0.2, 0.25) is 0 Å². The molecular weight excluding hydrogens is 232 g/mol. The van der Waals surface area contributed by atoms with Crippen molar-refractivity contribution in [1.82, 2.24) is 4.90 Å². The summed E-state index contributed by atoms with van der Waals surface area (Å²) < 4.78 is 0. The minimum Gasteiger partial charge on any atom is -0.324 e. The van der Waals surface area contributed by atoms with E-state index in [1.54, 1.807) is 0 Å². The molecule has 0 heterocycles. The highest BCUT2D eigenvalue weighted by Gasteiger charge is 2.20. The Balaban J connectivity index is 1.79. The summed E-state index contributed by atoms with van der Waals surface area (Å²) in [6, 6.07) is 8.78. The zero-order chi connectivity index (χ0) is 13.7. The smallest absolute Gasteiger partial charge is 0.0307 e. The van der Waals surface area contributed by atoms with Gasteiger partial charge in [-0.2, -0.15) is 0 Å². The Morgan fingerprint density at radius 3 is 2.74 bits per heavy atom. The summed E-state index contributed by atoms with van der Waals surface area (Å²) in [6.07, 6.45) is 5.36. The molecule has 0 spiro atoms. The van der Waals surface area contributed by atoms with Gasteiger partial charge in [-0.15, -0.1) is 0 Å². The highest BCUT2D eigenvalue weighted by Crippen LogP contribution is 2.27. The molecule has 1 saturated carbocycles. The molecule has 2 nitrogen and oxygen atoms in total. The van der Waals surface area contributed by atoms with Gasteiger partial charge >= 0.3 is 0 Å². The lowest BCUT2D eigenvalue weighted by Gasteiger charge is -2.32. The summed E-state index contributed by atoms with van der Waals surface area (Å²) in [5.41, 5.74) is 8.90. The molecule has 1 aromatic rings. The average Bonchev–Trinajstić information content (AvgIpc) is 2.36. The number of aryl methyl sites for hydroxylation is 1. The van der Waals surface area contributed by atoms with E-state index in [0.29, 0.717) is 0 Å². The number of hydrogen-bond acceptors (Lipinski definition) is 2. The molecule has 0 aliphatic heterocycles. The largest absolute Gasteiger partial charge is 0.324 e. The maximum atomic E-state index is 6.32. The second-order valence-corrected chi connectivity index (χ2v) is 6.00. The summed E-state index contributed by atoms with van der Waals surface area (Å²) in [6.45, 7) is 7.94. The van der Waals surface area contributed by atoms with Gasteiger partial charge < -0.3 is 10.6 Å². The van der Waals surface area contributed by atoms with Crippen LogP contribution in [0.2, 0.25) is 0 Å². The lowest BCUT2D eigenvalue weighted by atomic mass is 9.85. The molecule has 1 aliphatic carbocycles. The highest BCUT2D eigenvalue weighted by atomic mass is 15.1. The van der Waals surface area contributed by atoms with Crippen molar-refractivity contribution in [3.63, 3.8) is 0 Å². The van der Waals surface area contributed by atoms with Crippen LogP contribution >= 0.6 is 0 Å². The van der Waals surface area contributed by atoms with Crippen molar-refractivity contribution in [3.8, 4) is 0 Å². The molecule has 2 rings (SSSR count). The predicted octanol–water partition coefficient (Wildman–Crippen LogP) is 3.51. The second kappa shape index (κ2) is 7.06. The summed E-state index contributed by atoms with van der Waals surface area (Å²) in [7, 11) is 0. The molecule has 106 valence electrons. The van der Waals surface area contributed by atoms with Crippen molar-refractivity contribution in [1.29, 1.82) is 0 Å². The van der Waals surface area contributed by atoms with Gasteiger partial charge in [0.25, 0.3) is 0 Å². The maximum Gasteiger partial charge on any atom is 0.0307 e. The second-order valence-electron chi connectivity index (χ2n) is 6.00. The quantitative estimate of drug-likeness (QED) is 0.813. The minimum atomic E-state index is 0.176. The average molecular weight is 260 g/mol. The van der Waals surface area contributed by atoms with Crippen LogP contribution in [-0.4, -0.2) is 24.5 Å². The van der Waals surface area contributed by atoms with E-state index in [-0.39, 0.29) is 6.04 Å². The van der Waals surface area contributed by atoms with Gasteiger partial charge in [-0.25, -0.2) is 0 Å². The Kier molecular flexibility index (Phi) is 5.41. The van der Waals surface area contributed by atoms with Crippen LogP contribution in [0.3, 0.4) is 0 Å². The first-order valence-corrected chi connectivity index (χ1v) is 7.73. The van der Waals surface area contributed by atoms with E-state index in [4.69, 9.17) is 5.73 Å². The number of rotatable bonds is 7. The van der Waals surface area contributed by atoms with Crippen LogP contribution in [0.25, 0.3) is 0 Å². The summed E-state index contributed by atoms with van der Waals surface area (Å²) in [4.78, 5) is 2.57. The van der Waals surface area contributed by atoms with E-state index in [1.165, 1.54) is 36.9 Å². The van der Waals surface area contributed by atoms with E-state index in [0.717, 1.165) is 25.4 Å². The van der Waals surface area contributed by atoms with Gasteiger partial charge in [0, 0.05) is 12.6 Å². The van der Waals surface area contributed by atoms with Crippen molar-refractivity contribution in [2.24, 2.45) is 11.7 Å². The molecule has 1 fully saturated rings. The van der Waals surface area contributed by atoms with E-state index in [2.05, 4.69) is 43.0 Å². The van der Waals surface area contributed by atoms with E-state index >= 15 is 0 Å². The Labute approximate surface area is 118 Å². The molecule has 0 bridgehead atoms. The maximum absolute atomic E-state index is 6.32. The van der Waals surface area contributed by atoms with Gasteiger partial charge in [0.1, 0.15) is 0 Å². The lowest BCUT2D eigenvalue weighted by Crippen LogP contribution is -2.34. The molecule has 1 unspecified atom stereocenters. The third kappa shape index (κ3) is 4.32. The van der Waals surface area contributed by atoms with Crippen molar-refractivity contribution in [2.45, 2.75) is 45.6 Å². The van der Waals surface area contributed by atoms with Crippen LogP contribution in [0.1, 0.15) is 49.8 Å². The monoisotopic (exact) mass is 260 g/mol. The molecule has 2 heteroatoms. The molecule has 0 amide bonds.